The van der Waals surface area contributed by atoms with Crippen LogP contribution in [0.2, 0.25) is 0 Å². The molecule has 0 aromatic carbocycles. The van der Waals surface area contributed by atoms with Gasteiger partial charge in [0, 0.05) is 12.5 Å². The Morgan fingerprint density at radius 2 is 1.96 bits per heavy atom. The van der Waals surface area contributed by atoms with Gasteiger partial charge in [-0.05, 0) is 12.3 Å². The van der Waals surface area contributed by atoms with Crippen LogP contribution in [0.5, 0.6) is 0 Å². The summed E-state index contributed by atoms with van der Waals surface area (Å²) in [5, 5.41) is 10.1. The number of nitrogens with one attached hydrogen (secondary N) is 2. The Morgan fingerprint density at radius 3 is 2.52 bits per heavy atom. The van der Waals surface area contributed by atoms with Gasteiger partial charge in [-0.2, -0.15) is 0 Å². The van der Waals surface area contributed by atoms with E-state index in [0.717, 1.165) is 37.0 Å². The molecule has 0 saturated carbocycles. The average molecular weight is 363 g/mol. The van der Waals surface area contributed by atoms with Crippen molar-refractivity contribution in [2.24, 2.45) is 11.8 Å². The van der Waals surface area contributed by atoms with Gasteiger partial charge in [-0.1, -0.05) is 58.3 Å². The summed E-state index contributed by atoms with van der Waals surface area (Å²) in [6.45, 7) is 8.06. The van der Waals surface area contributed by atoms with E-state index in [1.54, 1.807) is 13.8 Å². The summed E-state index contributed by atoms with van der Waals surface area (Å²) in [5.41, 5.74) is 0. The predicted octanol–water partition coefficient (Wildman–Crippen LogP) is 2.63. The first kappa shape index (κ1) is 20.0. The lowest BCUT2D eigenvalue weighted by Crippen LogP contribution is -2.29. The lowest BCUT2D eigenvalue weighted by molar-refractivity contribution is -0.118. The number of nitrogens with zero attached hydrogens (tertiary/aromatic N) is 2. The quantitative estimate of drug-likeness (QED) is 0.623. The molecule has 0 spiro atoms. The monoisotopic (exact) mass is 362 g/mol. The highest BCUT2D eigenvalue weighted by atomic mass is 32.2. The van der Waals surface area contributed by atoms with Gasteiger partial charge in [0.25, 0.3) is 10.0 Å². The van der Waals surface area contributed by atoms with E-state index >= 15 is 0 Å². The molecule has 2 N–H and O–H groups in total. The molecule has 1 aromatic rings. The maximum atomic E-state index is 12.2. The van der Waals surface area contributed by atoms with Gasteiger partial charge >= 0.3 is 0 Å². The summed E-state index contributed by atoms with van der Waals surface area (Å²) < 4.78 is 27.0. The van der Waals surface area contributed by atoms with Crippen LogP contribution >= 0.6 is 11.3 Å². The molecule has 0 saturated heterocycles. The molecular weight excluding hydrogens is 336 g/mol. The first-order chi connectivity index (χ1) is 10.8. The lowest BCUT2D eigenvalue weighted by atomic mass is 10.00. The molecule has 132 valence electrons. The van der Waals surface area contributed by atoms with E-state index in [4.69, 9.17) is 0 Å². The van der Waals surface area contributed by atoms with Crippen molar-refractivity contribution in [3.8, 4) is 0 Å². The smallest absolute Gasteiger partial charge is 0.269 e. The SMILES string of the molecule is CCCC[C@H](CC)CNS(=O)(=O)c1nnc(NC(=O)C(C)C)s1. The van der Waals surface area contributed by atoms with Crippen LogP contribution in [-0.2, 0) is 14.8 Å². The maximum absolute atomic E-state index is 12.2. The van der Waals surface area contributed by atoms with Crippen LogP contribution in [0, 0.1) is 11.8 Å². The molecule has 1 atom stereocenters. The van der Waals surface area contributed by atoms with Gasteiger partial charge < -0.3 is 5.32 Å². The van der Waals surface area contributed by atoms with Crippen molar-refractivity contribution in [1.82, 2.24) is 14.9 Å². The second-order valence-electron chi connectivity index (χ2n) is 5.79. The number of amides is 1. The normalized spacial score (nSPS) is 13.3. The molecule has 0 aliphatic rings. The summed E-state index contributed by atoms with van der Waals surface area (Å²) in [6.07, 6.45) is 4.11. The Hall–Kier alpha value is -1.06. The summed E-state index contributed by atoms with van der Waals surface area (Å²) in [5.74, 6) is -0.109. The number of aromatic nitrogens is 2. The number of unbranched alkanes of at least 4 members (excludes halogenated alkanes) is 1. The minimum atomic E-state index is -3.68. The van der Waals surface area contributed by atoms with Crippen LogP contribution < -0.4 is 10.0 Å². The van der Waals surface area contributed by atoms with Crippen LogP contribution in [-0.4, -0.2) is 31.1 Å². The van der Waals surface area contributed by atoms with Crippen LogP contribution in [0.1, 0.15) is 53.4 Å². The fourth-order valence-corrected chi connectivity index (χ4v) is 3.91. The van der Waals surface area contributed by atoms with Crippen molar-refractivity contribution in [2.75, 3.05) is 11.9 Å². The number of carbonyl (C=O) groups excluding carboxylic acids is 1. The largest absolute Gasteiger partial charge is 0.300 e. The minimum absolute atomic E-state index is 0.123. The highest BCUT2D eigenvalue weighted by Gasteiger charge is 2.22. The van der Waals surface area contributed by atoms with Crippen molar-refractivity contribution in [3.05, 3.63) is 0 Å². The summed E-state index contributed by atoms with van der Waals surface area (Å²) in [4.78, 5) is 11.6. The highest BCUT2D eigenvalue weighted by Crippen LogP contribution is 2.21. The van der Waals surface area contributed by atoms with Gasteiger partial charge in [0.1, 0.15) is 0 Å². The zero-order valence-corrected chi connectivity index (χ0v) is 15.8. The van der Waals surface area contributed by atoms with Crippen molar-refractivity contribution in [1.29, 1.82) is 0 Å². The van der Waals surface area contributed by atoms with E-state index < -0.39 is 10.0 Å². The van der Waals surface area contributed by atoms with Crippen molar-refractivity contribution in [2.45, 2.75) is 57.7 Å². The number of carbonyl (C=O) groups is 1. The van der Waals surface area contributed by atoms with Gasteiger partial charge in [-0.25, -0.2) is 13.1 Å². The van der Waals surface area contributed by atoms with Crippen LogP contribution in [0.15, 0.2) is 4.34 Å². The fourth-order valence-electron chi connectivity index (χ4n) is 1.85. The molecule has 7 nitrogen and oxygen atoms in total. The number of anilines is 1. The zero-order chi connectivity index (χ0) is 17.5. The number of sulfonamides is 1. The summed E-state index contributed by atoms with van der Waals surface area (Å²) >= 11 is 0.858. The molecule has 0 fully saturated rings. The van der Waals surface area contributed by atoms with Crippen LogP contribution in [0.25, 0.3) is 0 Å². The van der Waals surface area contributed by atoms with Gasteiger partial charge in [0.2, 0.25) is 15.4 Å². The van der Waals surface area contributed by atoms with Crippen LogP contribution in [0.3, 0.4) is 0 Å². The Kier molecular flexibility index (Phi) is 8.07. The number of hydrogen-bond acceptors (Lipinski definition) is 6. The van der Waals surface area contributed by atoms with E-state index in [9.17, 15) is 13.2 Å². The molecule has 0 aliphatic carbocycles. The van der Waals surface area contributed by atoms with Gasteiger partial charge in [0.05, 0.1) is 0 Å². The topological polar surface area (TPSA) is 101 Å². The van der Waals surface area contributed by atoms with Crippen LogP contribution in [0.4, 0.5) is 5.13 Å². The molecular formula is C14H26N4O3S2. The van der Waals surface area contributed by atoms with E-state index in [1.165, 1.54) is 0 Å². The molecule has 1 rings (SSSR count). The molecule has 0 radical (unpaired) electrons. The second kappa shape index (κ2) is 9.29. The lowest BCUT2D eigenvalue weighted by Gasteiger charge is -2.14. The van der Waals surface area contributed by atoms with Gasteiger partial charge in [-0.15, -0.1) is 10.2 Å². The molecule has 0 bridgehead atoms. The first-order valence-corrected chi connectivity index (χ1v) is 10.2. The summed E-state index contributed by atoms with van der Waals surface area (Å²) in [6, 6.07) is 0. The standard InChI is InChI=1S/C14H26N4O3S2/c1-5-7-8-11(6-2)9-15-23(20,21)14-18-17-13(22-14)16-12(19)10(3)4/h10-11,15H,5-9H2,1-4H3,(H,16,17,19)/t11-/m0/s1. The van der Waals surface area contributed by atoms with E-state index in [-0.39, 0.29) is 21.3 Å². The average Bonchev–Trinajstić information content (AvgIpc) is 2.96. The molecule has 0 aliphatic heterocycles. The Labute approximate surface area is 142 Å². The third-order valence-electron chi connectivity index (χ3n) is 3.50. The van der Waals surface area contributed by atoms with E-state index in [1.807, 2.05) is 0 Å². The van der Waals surface area contributed by atoms with Gasteiger partial charge in [0.15, 0.2) is 0 Å². The molecule has 1 aromatic heterocycles. The summed E-state index contributed by atoms with van der Waals surface area (Å²) in [7, 11) is -3.68. The van der Waals surface area contributed by atoms with Crippen molar-refractivity contribution < 1.29 is 13.2 Å². The van der Waals surface area contributed by atoms with E-state index in [0.29, 0.717) is 12.5 Å². The Balaban J connectivity index is 2.66. The van der Waals surface area contributed by atoms with Crippen molar-refractivity contribution in [3.63, 3.8) is 0 Å². The van der Waals surface area contributed by atoms with Crippen molar-refractivity contribution >= 4 is 32.4 Å². The molecule has 23 heavy (non-hydrogen) atoms. The molecule has 9 heteroatoms. The molecule has 1 amide bonds. The molecule has 0 unspecified atom stereocenters. The Bertz CT molecular complexity index is 599. The highest BCUT2D eigenvalue weighted by molar-refractivity contribution is 7.91. The predicted molar refractivity (Wildman–Crippen MR) is 91.9 cm³/mol. The second-order valence-corrected chi connectivity index (χ2v) is 8.70. The third kappa shape index (κ3) is 6.52. The number of hydrogen-bond donors (Lipinski definition) is 2. The third-order valence-corrected chi connectivity index (χ3v) is 6.13. The maximum Gasteiger partial charge on any atom is 0.269 e. The fraction of sp³-hybridized carbons (Fsp3) is 0.786. The minimum Gasteiger partial charge on any atom is -0.300 e. The van der Waals surface area contributed by atoms with E-state index in [2.05, 4.69) is 34.1 Å². The number of rotatable bonds is 10. The zero-order valence-electron chi connectivity index (χ0n) is 14.1. The molecule has 1 heterocycles. The van der Waals surface area contributed by atoms with Gasteiger partial charge in [-0.3, -0.25) is 4.79 Å². The Morgan fingerprint density at radius 1 is 1.26 bits per heavy atom. The first-order valence-electron chi connectivity index (χ1n) is 7.94.